The number of carbonyl (C=O) groups excluding carboxylic acids is 1. The molecule has 0 amide bonds. The Morgan fingerprint density at radius 1 is 0.875 bits per heavy atom. The van der Waals surface area contributed by atoms with Gasteiger partial charge in [-0.2, -0.15) is 0 Å². The fourth-order valence-corrected chi connectivity index (χ4v) is 1.24. The van der Waals surface area contributed by atoms with Gasteiger partial charge in [0.2, 0.25) is 0 Å². The van der Waals surface area contributed by atoms with E-state index in [4.69, 9.17) is 0 Å². The first-order chi connectivity index (χ1) is 11.3. The topological polar surface area (TPSA) is 17.1 Å². The Balaban J connectivity index is -0.000000118. The lowest BCUT2D eigenvalue weighted by Crippen LogP contribution is -1.98. The van der Waals surface area contributed by atoms with Crippen molar-refractivity contribution in [3.63, 3.8) is 0 Å². The number of ketones is 1. The van der Waals surface area contributed by atoms with Crippen molar-refractivity contribution in [1.82, 2.24) is 0 Å². The van der Waals surface area contributed by atoms with Gasteiger partial charge in [0.1, 0.15) is 5.78 Å². The molecule has 0 aromatic heterocycles. The molecular formula is C23H46O. The minimum Gasteiger partial charge on any atom is -0.300 e. The van der Waals surface area contributed by atoms with Gasteiger partial charge >= 0.3 is 0 Å². The van der Waals surface area contributed by atoms with Gasteiger partial charge in [-0.05, 0) is 38.8 Å². The second-order valence-corrected chi connectivity index (χ2v) is 5.71. The predicted molar refractivity (Wildman–Crippen MR) is 114 cm³/mol. The van der Waals surface area contributed by atoms with Gasteiger partial charge in [-0.3, -0.25) is 4.79 Å². The summed E-state index contributed by atoms with van der Waals surface area (Å²) >= 11 is 0. The van der Waals surface area contributed by atoms with Crippen molar-refractivity contribution >= 4 is 5.78 Å². The van der Waals surface area contributed by atoms with Crippen LogP contribution in [0.1, 0.15) is 98.3 Å². The molecule has 0 fully saturated rings. The first kappa shape index (κ1) is 30.7. The van der Waals surface area contributed by atoms with E-state index in [1.807, 2.05) is 41.5 Å². The van der Waals surface area contributed by atoms with E-state index >= 15 is 0 Å². The molecule has 1 aromatic rings. The molecule has 1 nitrogen and oxygen atoms in total. The fraction of sp³-hybridized carbons (Fsp3) is 0.696. The molecule has 0 aliphatic carbocycles. The first-order valence-corrected chi connectivity index (χ1v) is 9.80. The molecule has 0 saturated carbocycles. The molecule has 0 bridgehead atoms. The number of hydrogen-bond acceptors (Lipinski definition) is 1. The maximum atomic E-state index is 10.1. The van der Waals surface area contributed by atoms with Crippen LogP contribution in [-0.2, 0) is 4.79 Å². The third-order valence-corrected chi connectivity index (χ3v) is 3.18. The summed E-state index contributed by atoms with van der Waals surface area (Å²) in [6.07, 6.45) is 4.08. The zero-order chi connectivity index (χ0) is 20.1. The maximum absolute atomic E-state index is 10.1. The normalized spacial score (nSPS) is 8.21. The minimum atomic E-state index is 0.213. The van der Waals surface area contributed by atoms with E-state index in [0.29, 0.717) is 0 Å². The highest BCUT2D eigenvalue weighted by Gasteiger charge is 1.95. The number of carbonyl (C=O) groups is 1. The molecule has 0 atom stereocenters. The number of unbranched alkanes of at least 4 members (excludes halogenated alkanes) is 2. The molecular weight excluding hydrogens is 292 g/mol. The van der Waals surface area contributed by atoms with Crippen molar-refractivity contribution in [1.29, 1.82) is 0 Å². The van der Waals surface area contributed by atoms with Crippen LogP contribution >= 0.6 is 0 Å². The number of aryl methyl sites for hydroxylation is 3. The van der Waals surface area contributed by atoms with Crippen LogP contribution in [0.15, 0.2) is 18.2 Å². The highest BCUT2D eigenvalue weighted by molar-refractivity contribution is 5.77. The monoisotopic (exact) mass is 338 g/mol. The highest BCUT2D eigenvalue weighted by Crippen LogP contribution is 2.07. The van der Waals surface area contributed by atoms with Gasteiger partial charge in [-0.15, -0.1) is 0 Å². The van der Waals surface area contributed by atoms with Crippen molar-refractivity contribution in [2.75, 3.05) is 0 Å². The molecule has 1 rings (SSSR count). The van der Waals surface area contributed by atoms with Crippen molar-refractivity contribution in [2.24, 2.45) is 5.92 Å². The van der Waals surface area contributed by atoms with Gasteiger partial charge < -0.3 is 0 Å². The lowest BCUT2D eigenvalue weighted by atomic mass is 10.1. The Morgan fingerprint density at radius 3 is 1.42 bits per heavy atom. The van der Waals surface area contributed by atoms with Crippen LogP contribution < -0.4 is 0 Å². The maximum Gasteiger partial charge on any atom is 0.132 e. The fourth-order valence-electron chi connectivity index (χ4n) is 1.24. The molecule has 0 spiro atoms. The number of benzene rings is 1. The Kier molecular flexibility index (Phi) is 30.9. The third kappa shape index (κ3) is 25.8. The minimum absolute atomic E-state index is 0.213. The lowest BCUT2D eigenvalue weighted by Gasteiger charge is -1.98. The van der Waals surface area contributed by atoms with E-state index in [0.717, 1.165) is 0 Å². The van der Waals surface area contributed by atoms with Gasteiger partial charge in [0.25, 0.3) is 0 Å². The average Bonchev–Trinajstić information content (AvgIpc) is 2.57. The van der Waals surface area contributed by atoms with Crippen LogP contribution in [0.25, 0.3) is 0 Å². The van der Waals surface area contributed by atoms with E-state index in [2.05, 4.69) is 52.8 Å². The molecule has 0 unspecified atom stereocenters. The van der Waals surface area contributed by atoms with E-state index in [1.165, 1.54) is 36.0 Å². The molecule has 0 N–H and O–H groups in total. The number of hydrogen-bond donors (Lipinski definition) is 0. The molecule has 0 saturated heterocycles. The molecule has 1 heteroatoms. The lowest BCUT2D eigenvalue weighted by molar-refractivity contribution is -0.119. The van der Waals surface area contributed by atoms with Crippen molar-refractivity contribution in [2.45, 2.75) is 102 Å². The SMILES string of the molecule is CC.CC.CC(=O)C(C)C.CCCCC.Cc1ccc(C)c(C)c1. The van der Waals surface area contributed by atoms with Crippen LogP contribution in [0, 0.1) is 26.7 Å². The third-order valence-electron chi connectivity index (χ3n) is 3.18. The highest BCUT2D eigenvalue weighted by atomic mass is 16.1. The van der Waals surface area contributed by atoms with Crippen molar-refractivity contribution in [3.05, 3.63) is 34.9 Å². The molecule has 0 radical (unpaired) electrons. The van der Waals surface area contributed by atoms with Crippen LogP contribution in [-0.4, -0.2) is 5.78 Å². The zero-order valence-electron chi connectivity index (χ0n) is 18.8. The summed E-state index contributed by atoms with van der Waals surface area (Å²) in [4.78, 5) is 10.1. The van der Waals surface area contributed by atoms with Gasteiger partial charge in [-0.25, -0.2) is 0 Å². The quantitative estimate of drug-likeness (QED) is 0.544. The van der Waals surface area contributed by atoms with Crippen LogP contribution in [0.4, 0.5) is 0 Å². The van der Waals surface area contributed by atoms with E-state index < -0.39 is 0 Å². The average molecular weight is 339 g/mol. The molecule has 0 aliphatic heterocycles. The summed E-state index contributed by atoms with van der Waals surface area (Å²) in [5.74, 6) is 0.472. The zero-order valence-corrected chi connectivity index (χ0v) is 18.8. The molecule has 144 valence electrons. The Hall–Kier alpha value is -1.11. The summed E-state index contributed by atoms with van der Waals surface area (Å²) in [7, 11) is 0. The van der Waals surface area contributed by atoms with Crippen LogP contribution in [0.5, 0.6) is 0 Å². The Morgan fingerprint density at radius 2 is 1.25 bits per heavy atom. The summed E-state index contributed by atoms with van der Waals surface area (Å²) in [6.45, 7) is 24.2. The molecule has 0 aliphatic rings. The van der Waals surface area contributed by atoms with Gasteiger partial charge in [0.05, 0.1) is 0 Å². The Bertz CT molecular complexity index is 362. The summed E-state index contributed by atoms with van der Waals surface area (Å²) in [5, 5.41) is 0. The summed E-state index contributed by atoms with van der Waals surface area (Å²) in [6, 6.07) is 6.50. The van der Waals surface area contributed by atoms with E-state index in [-0.39, 0.29) is 11.7 Å². The summed E-state index contributed by atoms with van der Waals surface area (Å²) in [5.41, 5.74) is 4.11. The number of rotatable bonds is 3. The van der Waals surface area contributed by atoms with E-state index in [1.54, 1.807) is 6.92 Å². The van der Waals surface area contributed by atoms with Crippen LogP contribution in [0.2, 0.25) is 0 Å². The van der Waals surface area contributed by atoms with Gasteiger partial charge in [0, 0.05) is 5.92 Å². The summed E-state index contributed by atoms with van der Waals surface area (Å²) < 4.78 is 0. The van der Waals surface area contributed by atoms with Crippen LogP contribution in [0.3, 0.4) is 0 Å². The first-order valence-electron chi connectivity index (χ1n) is 9.80. The van der Waals surface area contributed by atoms with Gasteiger partial charge in [-0.1, -0.05) is 98.4 Å². The predicted octanol–water partition coefficient (Wildman–Crippen LogP) is 8.09. The van der Waals surface area contributed by atoms with Crippen molar-refractivity contribution in [3.8, 4) is 0 Å². The molecule has 1 aromatic carbocycles. The molecule has 0 heterocycles. The Labute approximate surface area is 154 Å². The van der Waals surface area contributed by atoms with Crippen molar-refractivity contribution < 1.29 is 4.79 Å². The second kappa shape index (κ2) is 24.1. The van der Waals surface area contributed by atoms with E-state index in [9.17, 15) is 4.79 Å². The van der Waals surface area contributed by atoms with Gasteiger partial charge in [0.15, 0.2) is 0 Å². The second-order valence-electron chi connectivity index (χ2n) is 5.71. The standard InChI is InChI=1S/C9H12.C5H10O.C5H12.2C2H6/c1-7-4-5-8(2)9(3)6-7;1-4(2)5(3)6;1-3-5-4-2;2*1-2/h4-6H,1-3H3;4H,1-3H3;3-5H2,1-2H3;2*1-2H3. The smallest absolute Gasteiger partial charge is 0.132 e. The number of Topliss-reactive ketones (excluding diaryl/α,β-unsaturated/α-hetero) is 1. The molecule has 24 heavy (non-hydrogen) atoms. The largest absolute Gasteiger partial charge is 0.300 e.